The summed E-state index contributed by atoms with van der Waals surface area (Å²) in [6, 6.07) is 62.1. The quantitative estimate of drug-likeness (QED) is 0.190. The molecule has 10 rings (SSSR count). The fraction of sp³-hybridized carbons (Fsp3) is 0. The summed E-state index contributed by atoms with van der Waals surface area (Å²) in [5.41, 5.74) is 11.3. The average molecular weight is 628 g/mol. The first kappa shape index (κ1) is 27.5. The zero-order valence-electron chi connectivity index (χ0n) is 26.5. The van der Waals surface area contributed by atoms with E-state index in [1.54, 1.807) is 0 Å². The van der Waals surface area contributed by atoms with Crippen molar-refractivity contribution in [2.75, 3.05) is 4.90 Å². The highest BCUT2D eigenvalue weighted by Gasteiger charge is 2.24. The van der Waals surface area contributed by atoms with Crippen molar-refractivity contribution in [3.63, 3.8) is 0 Å². The molecule has 230 valence electrons. The van der Waals surface area contributed by atoms with Crippen LogP contribution < -0.4 is 4.90 Å². The molecule has 0 aliphatic rings. The molecular formula is C46H29NO2. The second-order valence-corrected chi connectivity index (χ2v) is 12.5. The van der Waals surface area contributed by atoms with E-state index in [0.717, 1.165) is 83.2 Å². The highest BCUT2D eigenvalue weighted by molar-refractivity contribution is 6.15. The van der Waals surface area contributed by atoms with E-state index in [2.05, 4.69) is 169 Å². The van der Waals surface area contributed by atoms with Crippen LogP contribution in [0.15, 0.2) is 185 Å². The van der Waals surface area contributed by atoms with Crippen molar-refractivity contribution in [2.24, 2.45) is 0 Å². The van der Waals surface area contributed by atoms with E-state index < -0.39 is 0 Å². The predicted molar refractivity (Wildman–Crippen MR) is 204 cm³/mol. The molecule has 0 saturated carbocycles. The number of benzene rings is 8. The van der Waals surface area contributed by atoms with Gasteiger partial charge in [0.05, 0.1) is 22.4 Å². The van der Waals surface area contributed by atoms with Crippen molar-refractivity contribution in [3.8, 4) is 22.3 Å². The Morgan fingerprint density at radius 2 is 0.898 bits per heavy atom. The molecule has 0 N–H and O–H groups in total. The number of furan rings is 2. The zero-order chi connectivity index (χ0) is 32.3. The fourth-order valence-electron chi connectivity index (χ4n) is 7.40. The van der Waals surface area contributed by atoms with E-state index in [4.69, 9.17) is 8.83 Å². The van der Waals surface area contributed by atoms with Crippen LogP contribution in [0.1, 0.15) is 0 Å². The minimum absolute atomic E-state index is 0.858. The van der Waals surface area contributed by atoms with E-state index in [0.29, 0.717) is 0 Å². The normalized spacial score (nSPS) is 11.7. The smallest absolute Gasteiger partial charge is 0.137 e. The molecule has 0 atom stereocenters. The zero-order valence-corrected chi connectivity index (χ0v) is 26.5. The van der Waals surface area contributed by atoms with Crippen molar-refractivity contribution in [3.05, 3.63) is 176 Å². The van der Waals surface area contributed by atoms with Gasteiger partial charge in [-0.05, 0) is 76.5 Å². The summed E-state index contributed by atoms with van der Waals surface area (Å²) in [7, 11) is 0. The van der Waals surface area contributed by atoms with Crippen LogP contribution in [-0.2, 0) is 0 Å². The van der Waals surface area contributed by atoms with Gasteiger partial charge in [-0.1, -0.05) is 121 Å². The molecule has 0 aliphatic heterocycles. The van der Waals surface area contributed by atoms with Gasteiger partial charge in [0.1, 0.15) is 22.3 Å². The third-order valence-corrected chi connectivity index (χ3v) is 9.64. The molecule has 3 nitrogen and oxygen atoms in total. The molecule has 0 radical (unpaired) electrons. The summed E-state index contributed by atoms with van der Waals surface area (Å²) in [5, 5.41) is 6.77. The maximum atomic E-state index is 6.42. The first-order valence-corrected chi connectivity index (χ1v) is 16.6. The third-order valence-electron chi connectivity index (χ3n) is 9.64. The van der Waals surface area contributed by atoms with Gasteiger partial charge in [0, 0.05) is 27.3 Å². The number of rotatable bonds is 5. The summed E-state index contributed by atoms with van der Waals surface area (Å²) in [5.74, 6) is 0. The number of hydrogen-bond donors (Lipinski definition) is 0. The van der Waals surface area contributed by atoms with Crippen molar-refractivity contribution in [1.82, 2.24) is 0 Å². The first-order valence-electron chi connectivity index (χ1n) is 16.6. The second kappa shape index (κ2) is 11.0. The molecular weight excluding hydrogens is 599 g/mol. The molecule has 0 bridgehead atoms. The molecule has 8 aromatic carbocycles. The van der Waals surface area contributed by atoms with Crippen LogP contribution in [0.2, 0.25) is 0 Å². The molecule has 0 amide bonds. The SMILES string of the molecule is c1ccc(-c2ccccc2N(c2ccccc2-c2ccc3oc4cc5ccccc5cc4c3c2)c2cccc3oc4ccccc4c23)cc1. The Bertz CT molecular complexity index is 2840. The molecule has 0 fully saturated rings. The lowest BCUT2D eigenvalue weighted by Gasteiger charge is -2.30. The Balaban J connectivity index is 1.25. The number of hydrogen-bond acceptors (Lipinski definition) is 3. The van der Waals surface area contributed by atoms with Crippen LogP contribution in [-0.4, -0.2) is 0 Å². The van der Waals surface area contributed by atoms with Crippen LogP contribution >= 0.6 is 0 Å². The topological polar surface area (TPSA) is 29.5 Å². The monoisotopic (exact) mass is 627 g/mol. The second-order valence-electron chi connectivity index (χ2n) is 12.5. The lowest BCUT2D eigenvalue weighted by atomic mass is 9.97. The summed E-state index contributed by atoms with van der Waals surface area (Å²) >= 11 is 0. The van der Waals surface area contributed by atoms with Crippen molar-refractivity contribution < 1.29 is 8.83 Å². The first-order chi connectivity index (χ1) is 24.3. The van der Waals surface area contributed by atoms with Gasteiger partial charge in [0.2, 0.25) is 0 Å². The molecule has 0 saturated heterocycles. The molecule has 49 heavy (non-hydrogen) atoms. The summed E-state index contributed by atoms with van der Waals surface area (Å²) in [4.78, 5) is 2.41. The largest absolute Gasteiger partial charge is 0.456 e. The summed E-state index contributed by atoms with van der Waals surface area (Å²) in [6.07, 6.45) is 0. The van der Waals surface area contributed by atoms with Crippen LogP contribution in [0, 0.1) is 0 Å². The van der Waals surface area contributed by atoms with Gasteiger partial charge in [0.25, 0.3) is 0 Å². The molecule has 0 unspecified atom stereocenters. The molecule has 10 aromatic rings. The standard InChI is InChI=1S/C46H29NO2/c1-2-13-30(14-3-1)34-17-6-9-20-39(34)47(41-22-12-24-44-46(41)36-19-8-11-23-42(36)48-44)40-21-10-7-18-35(40)33-25-26-43-37(28-33)38-27-31-15-4-5-16-32(31)29-45(38)49-43/h1-29H. The van der Waals surface area contributed by atoms with Gasteiger partial charge in [-0.15, -0.1) is 0 Å². The highest BCUT2D eigenvalue weighted by Crippen LogP contribution is 2.48. The molecule has 3 heteroatoms. The van der Waals surface area contributed by atoms with Crippen LogP contribution in [0.5, 0.6) is 0 Å². The van der Waals surface area contributed by atoms with Crippen molar-refractivity contribution in [1.29, 1.82) is 0 Å². The van der Waals surface area contributed by atoms with Crippen molar-refractivity contribution >= 4 is 71.7 Å². The minimum atomic E-state index is 0.858. The van der Waals surface area contributed by atoms with Crippen LogP contribution in [0.25, 0.3) is 76.9 Å². The maximum Gasteiger partial charge on any atom is 0.137 e. The fourth-order valence-corrected chi connectivity index (χ4v) is 7.40. The Labute approximate surface area is 282 Å². The molecule has 0 spiro atoms. The summed E-state index contributed by atoms with van der Waals surface area (Å²) in [6.45, 7) is 0. The number of fused-ring (bicyclic) bond motifs is 7. The minimum Gasteiger partial charge on any atom is -0.456 e. The van der Waals surface area contributed by atoms with E-state index in [-0.39, 0.29) is 0 Å². The van der Waals surface area contributed by atoms with E-state index in [9.17, 15) is 0 Å². The number of para-hydroxylation sites is 3. The van der Waals surface area contributed by atoms with Gasteiger partial charge in [-0.25, -0.2) is 0 Å². The Morgan fingerprint density at radius 1 is 0.327 bits per heavy atom. The van der Waals surface area contributed by atoms with Gasteiger partial charge in [0.15, 0.2) is 0 Å². The Morgan fingerprint density at radius 3 is 1.71 bits per heavy atom. The Kier molecular flexibility index (Phi) is 6.18. The van der Waals surface area contributed by atoms with E-state index in [1.807, 2.05) is 12.1 Å². The Hall–Kier alpha value is -6.58. The third kappa shape index (κ3) is 4.44. The van der Waals surface area contributed by atoms with E-state index >= 15 is 0 Å². The van der Waals surface area contributed by atoms with Gasteiger partial charge in [-0.3, -0.25) is 0 Å². The predicted octanol–water partition coefficient (Wildman–Crippen LogP) is 13.4. The average Bonchev–Trinajstić information content (AvgIpc) is 3.72. The van der Waals surface area contributed by atoms with E-state index in [1.165, 1.54) is 10.8 Å². The number of anilines is 3. The molecule has 0 aliphatic carbocycles. The maximum absolute atomic E-state index is 6.42. The highest BCUT2D eigenvalue weighted by atomic mass is 16.3. The lowest BCUT2D eigenvalue weighted by molar-refractivity contribution is 0.669. The van der Waals surface area contributed by atoms with Crippen LogP contribution in [0.4, 0.5) is 17.1 Å². The lowest BCUT2D eigenvalue weighted by Crippen LogP contribution is -2.12. The van der Waals surface area contributed by atoms with Crippen LogP contribution in [0.3, 0.4) is 0 Å². The van der Waals surface area contributed by atoms with Crippen molar-refractivity contribution in [2.45, 2.75) is 0 Å². The summed E-state index contributed by atoms with van der Waals surface area (Å²) < 4.78 is 12.8. The van der Waals surface area contributed by atoms with Gasteiger partial charge < -0.3 is 13.7 Å². The molecule has 2 aromatic heterocycles. The number of nitrogens with zero attached hydrogens (tertiary/aromatic N) is 1. The van der Waals surface area contributed by atoms with Gasteiger partial charge >= 0.3 is 0 Å². The molecule has 2 heterocycles. The van der Waals surface area contributed by atoms with Gasteiger partial charge in [-0.2, -0.15) is 0 Å².